The number of nitrogens with zero attached hydrogens (tertiary/aromatic N) is 1. The minimum atomic E-state index is 0.477. The van der Waals surface area contributed by atoms with Gasteiger partial charge in [-0.05, 0) is 57.2 Å². The van der Waals surface area contributed by atoms with Crippen molar-refractivity contribution < 1.29 is 0 Å². The molecule has 0 spiro atoms. The molecule has 17 heavy (non-hydrogen) atoms. The van der Waals surface area contributed by atoms with Gasteiger partial charge in [-0.1, -0.05) is 27.2 Å². The fourth-order valence-corrected chi connectivity index (χ4v) is 3.27. The normalized spacial score (nSPS) is 31.9. The molecule has 0 aromatic rings. The van der Waals surface area contributed by atoms with Crippen molar-refractivity contribution in [2.24, 2.45) is 5.41 Å². The largest absolute Gasteiger partial charge is 0.312 e. The first-order chi connectivity index (χ1) is 8.06. The fraction of sp³-hybridized carbons (Fsp3) is 1.00. The van der Waals surface area contributed by atoms with Crippen molar-refractivity contribution in [3.8, 4) is 0 Å². The number of hydrogen-bond donors (Lipinski definition) is 1. The summed E-state index contributed by atoms with van der Waals surface area (Å²) in [6.45, 7) is 11.0. The SMILES string of the molecule is CC(C)(C)CCN1CCCCC1C1CCCN1. The maximum absolute atomic E-state index is 3.71. The summed E-state index contributed by atoms with van der Waals surface area (Å²) in [6.07, 6.45) is 8.38. The van der Waals surface area contributed by atoms with Crippen LogP contribution in [0.15, 0.2) is 0 Å². The van der Waals surface area contributed by atoms with Gasteiger partial charge in [0.2, 0.25) is 0 Å². The van der Waals surface area contributed by atoms with E-state index in [2.05, 4.69) is 31.0 Å². The molecule has 2 saturated heterocycles. The summed E-state index contributed by atoms with van der Waals surface area (Å²) in [7, 11) is 0. The van der Waals surface area contributed by atoms with Gasteiger partial charge in [-0.3, -0.25) is 4.90 Å². The van der Waals surface area contributed by atoms with Gasteiger partial charge in [0.15, 0.2) is 0 Å². The molecule has 2 heteroatoms. The Morgan fingerprint density at radius 2 is 1.94 bits per heavy atom. The molecule has 100 valence electrons. The van der Waals surface area contributed by atoms with E-state index in [0.717, 1.165) is 12.1 Å². The Balaban J connectivity index is 1.87. The number of rotatable bonds is 3. The Bertz CT molecular complexity index is 226. The maximum atomic E-state index is 3.71. The quantitative estimate of drug-likeness (QED) is 0.813. The average Bonchev–Trinajstić information content (AvgIpc) is 2.79. The Morgan fingerprint density at radius 3 is 2.59 bits per heavy atom. The molecule has 0 radical (unpaired) electrons. The van der Waals surface area contributed by atoms with Gasteiger partial charge in [-0.2, -0.15) is 0 Å². The molecule has 2 rings (SSSR count). The second-order valence-corrected chi connectivity index (χ2v) is 7.11. The van der Waals surface area contributed by atoms with E-state index in [1.165, 1.54) is 58.2 Å². The maximum Gasteiger partial charge on any atom is 0.0249 e. The third-order valence-electron chi connectivity index (χ3n) is 4.38. The highest BCUT2D eigenvalue weighted by atomic mass is 15.2. The van der Waals surface area contributed by atoms with Gasteiger partial charge >= 0.3 is 0 Å². The summed E-state index contributed by atoms with van der Waals surface area (Å²) in [4.78, 5) is 2.78. The second kappa shape index (κ2) is 5.71. The highest BCUT2D eigenvalue weighted by Crippen LogP contribution is 2.26. The average molecular weight is 238 g/mol. The fourth-order valence-electron chi connectivity index (χ4n) is 3.27. The van der Waals surface area contributed by atoms with Crippen LogP contribution in [0.1, 0.15) is 59.3 Å². The van der Waals surface area contributed by atoms with Crippen LogP contribution in [0, 0.1) is 5.41 Å². The summed E-state index contributed by atoms with van der Waals surface area (Å²) >= 11 is 0. The molecule has 0 saturated carbocycles. The molecule has 2 aliphatic heterocycles. The van der Waals surface area contributed by atoms with E-state index in [9.17, 15) is 0 Å². The monoisotopic (exact) mass is 238 g/mol. The molecule has 0 bridgehead atoms. The van der Waals surface area contributed by atoms with Crippen LogP contribution in [-0.4, -0.2) is 36.6 Å². The van der Waals surface area contributed by atoms with Gasteiger partial charge in [0.25, 0.3) is 0 Å². The standard InChI is InChI=1S/C15H30N2/c1-15(2,3)9-12-17-11-5-4-8-14(17)13-7-6-10-16-13/h13-14,16H,4-12H2,1-3H3. The molecule has 2 atom stereocenters. The number of nitrogens with one attached hydrogen (secondary N) is 1. The third-order valence-corrected chi connectivity index (χ3v) is 4.38. The Hall–Kier alpha value is -0.0800. The molecular weight excluding hydrogens is 208 g/mol. The van der Waals surface area contributed by atoms with Crippen molar-refractivity contribution in [1.82, 2.24) is 10.2 Å². The first kappa shape index (κ1) is 13.4. The van der Waals surface area contributed by atoms with Crippen molar-refractivity contribution in [2.45, 2.75) is 71.4 Å². The molecule has 1 N–H and O–H groups in total. The van der Waals surface area contributed by atoms with Crippen LogP contribution in [0.3, 0.4) is 0 Å². The van der Waals surface area contributed by atoms with Gasteiger partial charge in [0.1, 0.15) is 0 Å². The van der Waals surface area contributed by atoms with E-state index in [4.69, 9.17) is 0 Å². The minimum absolute atomic E-state index is 0.477. The predicted octanol–water partition coefficient (Wildman–Crippen LogP) is 3.03. The van der Waals surface area contributed by atoms with Gasteiger partial charge in [0, 0.05) is 12.1 Å². The number of hydrogen-bond acceptors (Lipinski definition) is 2. The van der Waals surface area contributed by atoms with Crippen LogP contribution >= 0.6 is 0 Å². The summed E-state index contributed by atoms with van der Waals surface area (Å²) < 4.78 is 0. The number of piperidine rings is 1. The van der Waals surface area contributed by atoms with Crippen LogP contribution in [0.4, 0.5) is 0 Å². The van der Waals surface area contributed by atoms with Crippen LogP contribution in [0.5, 0.6) is 0 Å². The van der Waals surface area contributed by atoms with Crippen LogP contribution in [0.2, 0.25) is 0 Å². The first-order valence-electron chi connectivity index (χ1n) is 7.54. The van der Waals surface area contributed by atoms with E-state index < -0.39 is 0 Å². The van der Waals surface area contributed by atoms with Crippen LogP contribution in [0.25, 0.3) is 0 Å². The molecule has 0 amide bonds. The Kier molecular flexibility index (Phi) is 4.48. The predicted molar refractivity (Wildman–Crippen MR) is 74.3 cm³/mol. The van der Waals surface area contributed by atoms with Crippen molar-refractivity contribution in [2.75, 3.05) is 19.6 Å². The molecule has 0 aromatic heterocycles. The van der Waals surface area contributed by atoms with E-state index in [-0.39, 0.29) is 0 Å². The van der Waals surface area contributed by atoms with Crippen molar-refractivity contribution in [3.63, 3.8) is 0 Å². The third kappa shape index (κ3) is 3.96. The molecule has 0 aliphatic carbocycles. The van der Waals surface area contributed by atoms with E-state index in [0.29, 0.717) is 5.41 Å². The van der Waals surface area contributed by atoms with Crippen LogP contribution < -0.4 is 5.32 Å². The Labute approximate surface area is 107 Å². The lowest BCUT2D eigenvalue weighted by molar-refractivity contribution is 0.105. The van der Waals surface area contributed by atoms with Gasteiger partial charge in [-0.25, -0.2) is 0 Å². The van der Waals surface area contributed by atoms with Gasteiger partial charge < -0.3 is 5.32 Å². The van der Waals surface area contributed by atoms with Crippen molar-refractivity contribution in [1.29, 1.82) is 0 Å². The first-order valence-corrected chi connectivity index (χ1v) is 7.54. The highest BCUT2D eigenvalue weighted by molar-refractivity contribution is 4.90. The smallest absolute Gasteiger partial charge is 0.0249 e. The number of likely N-dealkylation sites (tertiary alicyclic amines) is 1. The molecule has 2 unspecified atom stereocenters. The molecule has 2 fully saturated rings. The minimum Gasteiger partial charge on any atom is -0.312 e. The van der Waals surface area contributed by atoms with Crippen LogP contribution in [-0.2, 0) is 0 Å². The summed E-state index contributed by atoms with van der Waals surface area (Å²) in [5.41, 5.74) is 0.477. The summed E-state index contributed by atoms with van der Waals surface area (Å²) in [5.74, 6) is 0. The molecule has 0 aromatic carbocycles. The summed E-state index contributed by atoms with van der Waals surface area (Å²) in [6, 6.07) is 1.61. The molecular formula is C15H30N2. The topological polar surface area (TPSA) is 15.3 Å². The molecule has 2 aliphatic rings. The van der Waals surface area contributed by atoms with E-state index in [1.54, 1.807) is 0 Å². The summed E-state index contributed by atoms with van der Waals surface area (Å²) in [5, 5.41) is 3.71. The van der Waals surface area contributed by atoms with Gasteiger partial charge in [0.05, 0.1) is 0 Å². The highest BCUT2D eigenvalue weighted by Gasteiger charge is 2.31. The van der Waals surface area contributed by atoms with E-state index >= 15 is 0 Å². The lowest BCUT2D eigenvalue weighted by Crippen LogP contribution is -2.50. The lowest BCUT2D eigenvalue weighted by Gasteiger charge is -2.40. The van der Waals surface area contributed by atoms with E-state index in [1.807, 2.05) is 0 Å². The second-order valence-electron chi connectivity index (χ2n) is 7.11. The molecule has 2 nitrogen and oxygen atoms in total. The van der Waals surface area contributed by atoms with Crippen molar-refractivity contribution >= 4 is 0 Å². The lowest BCUT2D eigenvalue weighted by atomic mass is 9.89. The zero-order chi connectivity index (χ0) is 12.3. The van der Waals surface area contributed by atoms with Gasteiger partial charge in [-0.15, -0.1) is 0 Å². The zero-order valence-corrected chi connectivity index (χ0v) is 12.0. The zero-order valence-electron chi connectivity index (χ0n) is 12.0. The van der Waals surface area contributed by atoms with Crippen molar-refractivity contribution in [3.05, 3.63) is 0 Å². The molecule has 2 heterocycles. The Morgan fingerprint density at radius 1 is 1.12 bits per heavy atom.